The van der Waals surface area contributed by atoms with Crippen molar-refractivity contribution >= 4 is 17.5 Å². The Labute approximate surface area is 125 Å². The summed E-state index contributed by atoms with van der Waals surface area (Å²) in [4.78, 5) is 8.83. The Kier molecular flexibility index (Phi) is 4.72. The van der Waals surface area contributed by atoms with Crippen molar-refractivity contribution in [2.24, 2.45) is 0 Å². The summed E-state index contributed by atoms with van der Waals surface area (Å²) in [7, 11) is 0. The molecule has 0 spiro atoms. The number of benzene rings is 1. The molecule has 0 saturated carbocycles. The van der Waals surface area contributed by atoms with Crippen LogP contribution in [-0.4, -0.2) is 16.0 Å². The van der Waals surface area contributed by atoms with Gasteiger partial charge in [0.2, 0.25) is 5.95 Å². The van der Waals surface area contributed by atoms with Crippen LogP contribution in [0.5, 0.6) is 0 Å². The summed E-state index contributed by atoms with van der Waals surface area (Å²) in [5, 5.41) is 15.6. The molecule has 2 N–H and O–H groups in total. The van der Waals surface area contributed by atoms with E-state index in [9.17, 15) is 0 Å². The lowest BCUT2D eigenvalue weighted by molar-refractivity contribution is 0.752. The standard InChI is InChI=1S/C16H19N5/c1-4-11(2)18-16-19-12(3)9-15(21-16)20-14-8-6-5-7-13(14)10-17/h5-9,11H,4H2,1-3H3,(H2,18,19,20,21). The molecule has 0 fully saturated rings. The number of para-hydroxylation sites is 1. The molecular weight excluding hydrogens is 262 g/mol. The van der Waals surface area contributed by atoms with Crippen LogP contribution in [0.25, 0.3) is 0 Å². The largest absolute Gasteiger partial charge is 0.352 e. The van der Waals surface area contributed by atoms with Crippen molar-refractivity contribution in [1.82, 2.24) is 9.97 Å². The van der Waals surface area contributed by atoms with Crippen molar-refractivity contribution in [3.05, 3.63) is 41.6 Å². The van der Waals surface area contributed by atoms with Crippen LogP contribution >= 0.6 is 0 Å². The number of nitrogens with zero attached hydrogens (tertiary/aromatic N) is 3. The first-order valence-corrected chi connectivity index (χ1v) is 7.00. The molecule has 1 aromatic heterocycles. The van der Waals surface area contributed by atoms with E-state index < -0.39 is 0 Å². The SMILES string of the molecule is CCC(C)Nc1nc(C)cc(Nc2ccccc2C#N)n1. The molecule has 5 heteroatoms. The highest BCUT2D eigenvalue weighted by molar-refractivity contribution is 5.65. The third kappa shape index (κ3) is 3.93. The second-order valence-electron chi connectivity index (χ2n) is 4.95. The zero-order chi connectivity index (χ0) is 15.2. The first kappa shape index (κ1) is 14.8. The molecule has 1 atom stereocenters. The Morgan fingerprint density at radius 1 is 1.29 bits per heavy atom. The fourth-order valence-corrected chi connectivity index (χ4v) is 1.85. The highest BCUT2D eigenvalue weighted by atomic mass is 15.2. The van der Waals surface area contributed by atoms with Gasteiger partial charge in [0.25, 0.3) is 0 Å². The Hall–Kier alpha value is -2.61. The topological polar surface area (TPSA) is 73.6 Å². The van der Waals surface area contributed by atoms with Crippen LogP contribution in [0.3, 0.4) is 0 Å². The molecule has 1 heterocycles. The molecule has 0 aliphatic rings. The Morgan fingerprint density at radius 3 is 2.76 bits per heavy atom. The summed E-state index contributed by atoms with van der Waals surface area (Å²) in [6, 6.07) is 11.7. The minimum absolute atomic E-state index is 0.311. The second-order valence-corrected chi connectivity index (χ2v) is 4.95. The van der Waals surface area contributed by atoms with E-state index in [2.05, 4.69) is 40.5 Å². The maximum absolute atomic E-state index is 9.12. The van der Waals surface area contributed by atoms with Crippen molar-refractivity contribution < 1.29 is 0 Å². The highest BCUT2D eigenvalue weighted by Gasteiger charge is 2.07. The molecule has 5 nitrogen and oxygen atoms in total. The van der Waals surface area contributed by atoms with E-state index in [0.29, 0.717) is 23.4 Å². The highest BCUT2D eigenvalue weighted by Crippen LogP contribution is 2.20. The number of anilines is 3. The monoisotopic (exact) mass is 281 g/mol. The van der Waals surface area contributed by atoms with Gasteiger partial charge in [0.05, 0.1) is 11.3 Å². The first-order chi connectivity index (χ1) is 10.1. The Balaban J connectivity index is 2.26. The molecule has 0 radical (unpaired) electrons. The van der Waals surface area contributed by atoms with Gasteiger partial charge >= 0.3 is 0 Å². The molecule has 108 valence electrons. The third-order valence-electron chi connectivity index (χ3n) is 3.15. The molecule has 1 aromatic carbocycles. The molecule has 0 bridgehead atoms. The summed E-state index contributed by atoms with van der Waals surface area (Å²) in [5.74, 6) is 1.28. The molecule has 1 unspecified atom stereocenters. The number of hydrogen-bond donors (Lipinski definition) is 2. The number of nitriles is 1. The molecule has 0 amide bonds. The Bertz CT molecular complexity index is 660. The second kappa shape index (κ2) is 6.71. The van der Waals surface area contributed by atoms with E-state index >= 15 is 0 Å². The van der Waals surface area contributed by atoms with Crippen LogP contribution in [0, 0.1) is 18.3 Å². The Morgan fingerprint density at radius 2 is 2.05 bits per heavy atom. The minimum atomic E-state index is 0.311. The van der Waals surface area contributed by atoms with Gasteiger partial charge in [-0.3, -0.25) is 0 Å². The molecule has 21 heavy (non-hydrogen) atoms. The van der Waals surface area contributed by atoms with Gasteiger partial charge < -0.3 is 10.6 Å². The van der Waals surface area contributed by atoms with Crippen molar-refractivity contribution in [3.8, 4) is 6.07 Å². The molecule has 0 aliphatic carbocycles. The van der Waals surface area contributed by atoms with Crippen LogP contribution in [0.4, 0.5) is 17.5 Å². The lowest BCUT2D eigenvalue weighted by Gasteiger charge is -2.14. The van der Waals surface area contributed by atoms with E-state index in [1.165, 1.54) is 0 Å². The van der Waals surface area contributed by atoms with Crippen molar-refractivity contribution in [3.63, 3.8) is 0 Å². The molecule has 2 aromatic rings. The quantitative estimate of drug-likeness (QED) is 0.875. The molecule has 2 rings (SSSR count). The number of aromatic nitrogens is 2. The first-order valence-electron chi connectivity index (χ1n) is 7.00. The van der Waals surface area contributed by atoms with Gasteiger partial charge in [-0.25, -0.2) is 4.98 Å². The van der Waals surface area contributed by atoms with E-state index in [4.69, 9.17) is 5.26 Å². The lowest BCUT2D eigenvalue weighted by atomic mass is 10.2. The van der Waals surface area contributed by atoms with Gasteiger partial charge in [0.1, 0.15) is 11.9 Å². The van der Waals surface area contributed by atoms with Gasteiger partial charge in [-0.15, -0.1) is 0 Å². The summed E-state index contributed by atoms with van der Waals surface area (Å²) >= 11 is 0. The fourth-order valence-electron chi connectivity index (χ4n) is 1.85. The summed E-state index contributed by atoms with van der Waals surface area (Å²) in [5.41, 5.74) is 2.20. The van der Waals surface area contributed by atoms with Gasteiger partial charge in [-0.05, 0) is 32.4 Å². The number of hydrogen-bond acceptors (Lipinski definition) is 5. The van der Waals surface area contributed by atoms with Crippen molar-refractivity contribution in [2.75, 3.05) is 10.6 Å². The number of aryl methyl sites for hydroxylation is 1. The fraction of sp³-hybridized carbons (Fsp3) is 0.312. The van der Waals surface area contributed by atoms with Gasteiger partial charge in [-0.2, -0.15) is 10.2 Å². The summed E-state index contributed by atoms with van der Waals surface area (Å²) in [6.45, 7) is 6.12. The number of rotatable bonds is 5. The van der Waals surface area contributed by atoms with Crippen molar-refractivity contribution in [1.29, 1.82) is 5.26 Å². The normalized spacial score (nSPS) is 11.5. The van der Waals surface area contributed by atoms with Crippen LogP contribution in [0.1, 0.15) is 31.5 Å². The lowest BCUT2D eigenvalue weighted by Crippen LogP contribution is -2.16. The van der Waals surface area contributed by atoms with Gasteiger partial charge in [-0.1, -0.05) is 19.1 Å². The minimum Gasteiger partial charge on any atom is -0.352 e. The zero-order valence-electron chi connectivity index (χ0n) is 12.5. The smallest absolute Gasteiger partial charge is 0.225 e. The maximum atomic E-state index is 9.12. The predicted octanol–water partition coefficient (Wildman–Crippen LogP) is 3.61. The average Bonchev–Trinajstić information content (AvgIpc) is 2.47. The van der Waals surface area contributed by atoms with Crippen molar-refractivity contribution in [2.45, 2.75) is 33.2 Å². The van der Waals surface area contributed by atoms with Crippen LogP contribution in [0.15, 0.2) is 30.3 Å². The summed E-state index contributed by atoms with van der Waals surface area (Å²) in [6.07, 6.45) is 0.997. The van der Waals surface area contributed by atoms with E-state index in [-0.39, 0.29) is 0 Å². The van der Waals surface area contributed by atoms with E-state index in [0.717, 1.165) is 17.8 Å². The van der Waals surface area contributed by atoms with Gasteiger partial charge in [0.15, 0.2) is 0 Å². The van der Waals surface area contributed by atoms with E-state index in [1.54, 1.807) is 6.07 Å². The zero-order valence-corrected chi connectivity index (χ0v) is 12.5. The molecular formula is C16H19N5. The third-order valence-corrected chi connectivity index (χ3v) is 3.15. The van der Waals surface area contributed by atoms with Crippen LogP contribution in [-0.2, 0) is 0 Å². The predicted molar refractivity (Wildman–Crippen MR) is 84.6 cm³/mol. The maximum Gasteiger partial charge on any atom is 0.225 e. The molecule has 0 aliphatic heterocycles. The van der Waals surface area contributed by atoms with Gasteiger partial charge in [0, 0.05) is 17.8 Å². The summed E-state index contributed by atoms with van der Waals surface area (Å²) < 4.78 is 0. The molecule has 0 saturated heterocycles. The van der Waals surface area contributed by atoms with Crippen LogP contribution < -0.4 is 10.6 Å². The number of nitrogens with one attached hydrogen (secondary N) is 2. The van der Waals surface area contributed by atoms with E-state index in [1.807, 2.05) is 31.2 Å². The van der Waals surface area contributed by atoms with Crippen LogP contribution in [0.2, 0.25) is 0 Å². The average molecular weight is 281 g/mol.